The molecule has 3 rings (SSSR count). The van der Waals surface area contributed by atoms with Gasteiger partial charge >= 0.3 is 0 Å². The highest BCUT2D eigenvalue weighted by molar-refractivity contribution is 9.09. The molecule has 0 aliphatic heterocycles. The predicted octanol–water partition coefficient (Wildman–Crippen LogP) is 5.74. The molecule has 0 unspecified atom stereocenters. The van der Waals surface area contributed by atoms with Crippen LogP contribution in [0.5, 0.6) is 0 Å². The van der Waals surface area contributed by atoms with Crippen molar-refractivity contribution in [3.8, 4) is 0 Å². The number of carbonyl (C=O) groups is 2. The van der Waals surface area contributed by atoms with E-state index in [1.54, 1.807) is 18.2 Å². The third-order valence-electron chi connectivity index (χ3n) is 4.87. The largest absolute Gasteiger partial charge is 0.289 e. The van der Waals surface area contributed by atoms with Crippen molar-refractivity contribution in [1.82, 2.24) is 0 Å². The van der Waals surface area contributed by atoms with Crippen LogP contribution in [0.2, 0.25) is 0 Å². The third kappa shape index (κ3) is 3.92. The highest BCUT2D eigenvalue weighted by atomic mass is 79.9. The lowest BCUT2D eigenvalue weighted by atomic mass is 9.81. The van der Waals surface area contributed by atoms with Gasteiger partial charge in [0.2, 0.25) is 0 Å². The summed E-state index contributed by atoms with van der Waals surface area (Å²) in [5, 5.41) is 1.08. The van der Waals surface area contributed by atoms with Gasteiger partial charge in [-0.15, -0.1) is 0 Å². The van der Waals surface area contributed by atoms with Gasteiger partial charge in [0, 0.05) is 27.6 Å². The molecule has 25 heavy (non-hydrogen) atoms. The molecule has 0 spiro atoms. The molecule has 2 aromatic carbocycles. The Morgan fingerprint density at radius 3 is 1.96 bits per heavy atom. The Morgan fingerprint density at radius 1 is 0.640 bits per heavy atom. The van der Waals surface area contributed by atoms with Crippen LogP contribution < -0.4 is 0 Å². The van der Waals surface area contributed by atoms with Crippen LogP contribution in [0.1, 0.15) is 75.9 Å². The van der Waals surface area contributed by atoms with E-state index in [1.807, 2.05) is 24.3 Å². The molecule has 1 aliphatic rings. The SMILES string of the molecule is O=C1c2ccccc2C(=O)c2c(CCCCCCCCBr)cccc21. The minimum absolute atomic E-state index is 0.00174. The second-order valence-electron chi connectivity index (χ2n) is 6.60. The van der Waals surface area contributed by atoms with E-state index in [-0.39, 0.29) is 11.6 Å². The molecule has 0 radical (unpaired) electrons. The van der Waals surface area contributed by atoms with E-state index < -0.39 is 0 Å². The molecule has 0 heterocycles. The summed E-state index contributed by atoms with van der Waals surface area (Å²) in [5.41, 5.74) is 3.29. The number of benzene rings is 2. The Kier molecular flexibility index (Phi) is 6.19. The van der Waals surface area contributed by atoms with Crippen LogP contribution in [0.25, 0.3) is 0 Å². The highest BCUT2D eigenvalue weighted by Gasteiger charge is 2.30. The van der Waals surface area contributed by atoms with Gasteiger partial charge in [0.1, 0.15) is 0 Å². The summed E-state index contributed by atoms with van der Waals surface area (Å²) in [4.78, 5) is 25.7. The lowest BCUT2D eigenvalue weighted by molar-refractivity contribution is 0.0978. The first kappa shape index (κ1) is 18.1. The van der Waals surface area contributed by atoms with Crippen molar-refractivity contribution in [3.05, 3.63) is 70.3 Å². The van der Waals surface area contributed by atoms with Crippen LogP contribution >= 0.6 is 15.9 Å². The van der Waals surface area contributed by atoms with E-state index in [0.29, 0.717) is 22.3 Å². The van der Waals surface area contributed by atoms with Gasteiger partial charge in [0.05, 0.1) is 0 Å². The summed E-state index contributed by atoms with van der Waals surface area (Å²) in [7, 11) is 0. The maximum atomic E-state index is 12.9. The second kappa shape index (κ2) is 8.57. The molecule has 0 amide bonds. The smallest absolute Gasteiger partial charge is 0.194 e. The first-order valence-electron chi connectivity index (χ1n) is 9.10. The zero-order valence-corrected chi connectivity index (χ0v) is 16.0. The molecule has 0 aromatic heterocycles. The molecule has 0 bridgehead atoms. The van der Waals surface area contributed by atoms with Gasteiger partial charge in [0.25, 0.3) is 0 Å². The van der Waals surface area contributed by atoms with Gasteiger partial charge in [0.15, 0.2) is 11.6 Å². The standard InChI is InChI=1S/C22H23BrO2/c23-15-8-4-2-1-3-5-10-16-11-9-14-19-20(16)22(25)18-13-7-6-12-17(18)21(19)24/h6-7,9,11-14H,1-5,8,10,15H2. The highest BCUT2D eigenvalue weighted by Crippen LogP contribution is 2.30. The van der Waals surface area contributed by atoms with Gasteiger partial charge in [-0.2, -0.15) is 0 Å². The summed E-state index contributed by atoms with van der Waals surface area (Å²) in [6.45, 7) is 0. The van der Waals surface area contributed by atoms with Crippen molar-refractivity contribution >= 4 is 27.5 Å². The Bertz CT molecular complexity index is 779. The molecule has 3 heteroatoms. The molecule has 0 atom stereocenters. The average molecular weight is 399 g/mol. The molecule has 0 saturated heterocycles. The number of halogens is 1. The van der Waals surface area contributed by atoms with Crippen molar-refractivity contribution in [2.24, 2.45) is 0 Å². The fraction of sp³-hybridized carbons (Fsp3) is 0.364. The van der Waals surface area contributed by atoms with E-state index >= 15 is 0 Å². The molecule has 2 aromatic rings. The van der Waals surface area contributed by atoms with Crippen molar-refractivity contribution in [1.29, 1.82) is 0 Å². The molecule has 130 valence electrons. The number of unbranched alkanes of at least 4 members (excludes halogenated alkanes) is 5. The Hall–Kier alpha value is -1.74. The van der Waals surface area contributed by atoms with E-state index in [2.05, 4.69) is 15.9 Å². The minimum atomic E-state index is -0.0261. The Balaban J connectivity index is 1.72. The Labute approximate surface area is 157 Å². The fourth-order valence-corrected chi connectivity index (χ4v) is 3.94. The topological polar surface area (TPSA) is 34.1 Å². The summed E-state index contributed by atoms with van der Waals surface area (Å²) in [5.74, 6) is -0.0278. The number of fused-ring (bicyclic) bond motifs is 2. The van der Waals surface area contributed by atoms with Gasteiger partial charge < -0.3 is 0 Å². The maximum Gasteiger partial charge on any atom is 0.194 e. The van der Waals surface area contributed by atoms with Crippen molar-refractivity contribution in [3.63, 3.8) is 0 Å². The number of aryl methyl sites for hydroxylation is 1. The molecular formula is C22H23BrO2. The quantitative estimate of drug-likeness (QED) is 0.358. The van der Waals surface area contributed by atoms with Crippen LogP contribution in [-0.4, -0.2) is 16.9 Å². The fourth-order valence-electron chi connectivity index (χ4n) is 3.54. The van der Waals surface area contributed by atoms with Crippen LogP contribution in [0.3, 0.4) is 0 Å². The predicted molar refractivity (Wildman–Crippen MR) is 105 cm³/mol. The van der Waals surface area contributed by atoms with Crippen molar-refractivity contribution in [2.75, 3.05) is 5.33 Å². The molecule has 0 N–H and O–H groups in total. The zero-order valence-electron chi connectivity index (χ0n) is 14.4. The molecule has 1 aliphatic carbocycles. The van der Waals surface area contributed by atoms with Crippen LogP contribution in [0.4, 0.5) is 0 Å². The van der Waals surface area contributed by atoms with E-state index in [9.17, 15) is 9.59 Å². The van der Waals surface area contributed by atoms with Gasteiger partial charge in [-0.3, -0.25) is 9.59 Å². The van der Waals surface area contributed by atoms with Crippen LogP contribution in [0, 0.1) is 0 Å². The summed E-state index contributed by atoms with van der Waals surface area (Å²) >= 11 is 3.46. The number of rotatable bonds is 8. The minimum Gasteiger partial charge on any atom is -0.289 e. The first-order chi connectivity index (χ1) is 12.2. The van der Waals surface area contributed by atoms with Gasteiger partial charge in [-0.25, -0.2) is 0 Å². The summed E-state index contributed by atoms with van der Waals surface area (Å²) < 4.78 is 0. The summed E-state index contributed by atoms with van der Waals surface area (Å²) in [6.07, 6.45) is 8.11. The lowest BCUT2D eigenvalue weighted by Crippen LogP contribution is -2.22. The summed E-state index contributed by atoms with van der Waals surface area (Å²) in [6, 6.07) is 12.8. The van der Waals surface area contributed by atoms with E-state index in [0.717, 1.165) is 23.7 Å². The number of alkyl halides is 1. The van der Waals surface area contributed by atoms with Gasteiger partial charge in [-0.05, 0) is 24.8 Å². The van der Waals surface area contributed by atoms with E-state index in [4.69, 9.17) is 0 Å². The van der Waals surface area contributed by atoms with Crippen LogP contribution in [-0.2, 0) is 6.42 Å². The normalized spacial score (nSPS) is 12.8. The molecular weight excluding hydrogens is 376 g/mol. The van der Waals surface area contributed by atoms with Crippen molar-refractivity contribution in [2.45, 2.75) is 44.9 Å². The zero-order chi connectivity index (χ0) is 17.6. The lowest BCUT2D eigenvalue weighted by Gasteiger charge is -2.20. The number of hydrogen-bond donors (Lipinski definition) is 0. The average Bonchev–Trinajstić information content (AvgIpc) is 2.65. The number of ketones is 2. The van der Waals surface area contributed by atoms with Crippen molar-refractivity contribution < 1.29 is 9.59 Å². The molecule has 0 saturated carbocycles. The van der Waals surface area contributed by atoms with Crippen LogP contribution in [0.15, 0.2) is 42.5 Å². The molecule has 2 nitrogen and oxygen atoms in total. The van der Waals surface area contributed by atoms with E-state index in [1.165, 1.54) is 32.1 Å². The number of hydrogen-bond acceptors (Lipinski definition) is 2. The third-order valence-corrected chi connectivity index (χ3v) is 5.43. The number of carbonyl (C=O) groups excluding carboxylic acids is 2. The first-order valence-corrected chi connectivity index (χ1v) is 10.2. The maximum absolute atomic E-state index is 12.9. The second-order valence-corrected chi connectivity index (χ2v) is 7.40. The van der Waals surface area contributed by atoms with Gasteiger partial charge in [-0.1, -0.05) is 84.1 Å². The monoisotopic (exact) mass is 398 g/mol. The Morgan fingerprint density at radius 2 is 1.24 bits per heavy atom. The molecule has 0 fully saturated rings.